The van der Waals surface area contributed by atoms with Gasteiger partial charge in [-0.1, -0.05) is 25.1 Å². The monoisotopic (exact) mass is 402 g/mol. The van der Waals surface area contributed by atoms with Crippen LogP contribution in [0, 0.1) is 0 Å². The van der Waals surface area contributed by atoms with Crippen LogP contribution >= 0.6 is 0 Å². The van der Waals surface area contributed by atoms with Gasteiger partial charge in [0.25, 0.3) is 5.91 Å². The third kappa shape index (κ3) is 3.71. The van der Waals surface area contributed by atoms with Gasteiger partial charge in [-0.3, -0.25) is 9.69 Å². The predicted molar refractivity (Wildman–Crippen MR) is 107 cm³/mol. The first-order valence-corrected chi connectivity index (χ1v) is 11.7. The third-order valence-corrected chi connectivity index (χ3v) is 7.51. The van der Waals surface area contributed by atoms with Crippen molar-refractivity contribution in [3.8, 4) is 5.69 Å². The molecule has 1 aromatic heterocycles. The van der Waals surface area contributed by atoms with E-state index in [0.717, 1.165) is 30.9 Å². The van der Waals surface area contributed by atoms with Crippen molar-refractivity contribution in [2.24, 2.45) is 0 Å². The van der Waals surface area contributed by atoms with Gasteiger partial charge in [-0.05, 0) is 25.0 Å². The Morgan fingerprint density at radius 3 is 2.46 bits per heavy atom. The van der Waals surface area contributed by atoms with Crippen LogP contribution in [-0.2, 0) is 16.3 Å². The largest absolute Gasteiger partial charge is 0.336 e. The van der Waals surface area contributed by atoms with Crippen LogP contribution in [0.2, 0.25) is 0 Å². The van der Waals surface area contributed by atoms with Gasteiger partial charge in [0.2, 0.25) is 0 Å². The molecule has 0 saturated carbocycles. The fourth-order valence-corrected chi connectivity index (χ4v) is 5.97. The first-order chi connectivity index (χ1) is 13.5. The molecule has 3 heterocycles. The maximum atomic E-state index is 13.1. The van der Waals surface area contributed by atoms with Crippen molar-refractivity contribution in [2.75, 3.05) is 37.7 Å². The van der Waals surface area contributed by atoms with Crippen molar-refractivity contribution in [1.82, 2.24) is 19.6 Å². The van der Waals surface area contributed by atoms with E-state index in [0.29, 0.717) is 25.1 Å². The second-order valence-electron chi connectivity index (χ2n) is 7.49. The average molecular weight is 403 g/mol. The Morgan fingerprint density at radius 2 is 1.86 bits per heavy atom. The highest BCUT2D eigenvalue weighted by atomic mass is 32.2. The van der Waals surface area contributed by atoms with Crippen LogP contribution in [0.15, 0.2) is 36.5 Å². The lowest BCUT2D eigenvalue weighted by atomic mass is 10.1. The number of nitrogens with zero attached hydrogens (tertiary/aromatic N) is 4. The molecule has 7 nitrogen and oxygen atoms in total. The molecule has 1 atom stereocenters. The minimum atomic E-state index is -2.88. The molecule has 0 aliphatic carbocycles. The summed E-state index contributed by atoms with van der Waals surface area (Å²) < 4.78 is 25.3. The van der Waals surface area contributed by atoms with E-state index in [2.05, 4.69) is 10.00 Å². The van der Waals surface area contributed by atoms with E-state index < -0.39 is 9.84 Å². The molecule has 2 aromatic rings. The first kappa shape index (κ1) is 19.1. The minimum Gasteiger partial charge on any atom is -0.336 e. The molecule has 8 heteroatoms. The van der Waals surface area contributed by atoms with Crippen molar-refractivity contribution in [1.29, 1.82) is 0 Å². The molecule has 0 unspecified atom stereocenters. The zero-order valence-electron chi connectivity index (χ0n) is 16.1. The number of hydrogen-bond donors (Lipinski definition) is 0. The number of piperazine rings is 1. The van der Waals surface area contributed by atoms with Gasteiger partial charge in [0.05, 0.1) is 34.6 Å². The SMILES string of the molecule is CCc1c(C(=O)N2CCN([C@@H]3CCS(=O)(=O)C3)CC2)cnn1-c1ccccc1. The highest BCUT2D eigenvalue weighted by Gasteiger charge is 2.35. The summed E-state index contributed by atoms with van der Waals surface area (Å²) in [6, 6.07) is 9.94. The van der Waals surface area contributed by atoms with Crippen LogP contribution in [0.1, 0.15) is 29.4 Å². The Kier molecular flexibility index (Phi) is 5.25. The van der Waals surface area contributed by atoms with E-state index >= 15 is 0 Å². The Hall–Kier alpha value is -2.19. The molecule has 0 spiro atoms. The predicted octanol–water partition coefficient (Wildman–Crippen LogP) is 1.38. The topological polar surface area (TPSA) is 75.5 Å². The van der Waals surface area contributed by atoms with Gasteiger partial charge in [-0.15, -0.1) is 0 Å². The quantitative estimate of drug-likeness (QED) is 0.772. The average Bonchev–Trinajstić information content (AvgIpc) is 3.31. The van der Waals surface area contributed by atoms with Gasteiger partial charge >= 0.3 is 0 Å². The normalized spacial score (nSPS) is 22.5. The van der Waals surface area contributed by atoms with Crippen molar-refractivity contribution >= 4 is 15.7 Å². The lowest BCUT2D eigenvalue weighted by molar-refractivity contribution is 0.0587. The van der Waals surface area contributed by atoms with Gasteiger partial charge in [-0.2, -0.15) is 5.10 Å². The second-order valence-corrected chi connectivity index (χ2v) is 9.72. The van der Waals surface area contributed by atoms with Gasteiger partial charge < -0.3 is 4.90 Å². The van der Waals surface area contributed by atoms with Crippen molar-refractivity contribution < 1.29 is 13.2 Å². The second kappa shape index (κ2) is 7.67. The van der Waals surface area contributed by atoms with Crippen LogP contribution in [0.4, 0.5) is 0 Å². The molecule has 2 aliphatic rings. The zero-order valence-corrected chi connectivity index (χ0v) is 16.9. The van der Waals surface area contributed by atoms with E-state index in [1.165, 1.54) is 0 Å². The van der Waals surface area contributed by atoms with Gasteiger partial charge in [-0.25, -0.2) is 13.1 Å². The molecule has 1 amide bonds. The van der Waals surface area contributed by atoms with E-state index in [1.54, 1.807) is 6.20 Å². The zero-order chi connectivity index (χ0) is 19.7. The van der Waals surface area contributed by atoms with E-state index in [4.69, 9.17) is 0 Å². The van der Waals surface area contributed by atoms with E-state index in [-0.39, 0.29) is 23.5 Å². The summed E-state index contributed by atoms with van der Waals surface area (Å²) in [4.78, 5) is 17.2. The van der Waals surface area contributed by atoms with Gasteiger partial charge in [0.15, 0.2) is 9.84 Å². The third-order valence-electron chi connectivity index (χ3n) is 5.76. The molecule has 150 valence electrons. The van der Waals surface area contributed by atoms with Gasteiger partial charge in [0, 0.05) is 32.2 Å². The molecular weight excluding hydrogens is 376 g/mol. The first-order valence-electron chi connectivity index (χ1n) is 9.84. The molecule has 0 bridgehead atoms. The Labute approximate surface area is 165 Å². The molecule has 2 aliphatic heterocycles. The van der Waals surface area contributed by atoms with Crippen LogP contribution in [0.25, 0.3) is 5.69 Å². The van der Waals surface area contributed by atoms with Crippen molar-refractivity contribution in [2.45, 2.75) is 25.8 Å². The Bertz CT molecular complexity index is 947. The summed E-state index contributed by atoms with van der Waals surface area (Å²) in [6.45, 7) is 4.72. The molecule has 0 radical (unpaired) electrons. The minimum absolute atomic E-state index is 0.0118. The molecule has 4 rings (SSSR count). The maximum Gasteiger partial charge on any atom is 0.257 e. The Morgan fingerprint density at radius 1 is 1.14 bits per heavy atom. The summed E-state index contributed by atoms with van der Waals surface area (Å²) in [5, 5.41) is 4.46. The smallest absolute Gasteiger partial charge is 0.257 e. The molecular formula is C20H26N4O3S. The number of para-hydroxylation sites is 1. The lowest BCUT2D eigenvalue weighted by Gasteiger charge is -2.37. The van der Waals surface area contributed by atoms with Crippen LogP contribution in [0.5, 0.6) is 0 Å². The van der Waals surface area contributed by atoms with Crippen molar-refractivity contribution in [3.63, 3.8) is 0 Å². The molecule has 2 fully saturated rings. The van der Waals surface area contributed by atoms with E-state index in [1.807, 2.05) is 46.8 Å². The number of rotatable bonds is 4. The number of carbonyl (C=O) groups excluding carboxylic acids is 1. The molecule has 0 N–H and O–H groups in total. The summed E-state index contributed by atoms with van der Waals surface area (Å²) >= 11 is 0. The van der Waals surface area contributed by atoms with E-state index in [9.17, 15) is 13.2 Å². The molecule has 28 heavy (non-hydrogen) atoms. The summed E-state index contributed by atoms with van der Waals surface area (Å²) in [7, 11) is -2.88. The number of benzene rings is 1. The number of sulfone groups is 1. The number of carbonyl (C=O) groups is 1. The fraction of sp³-hybridized carbons (Fsp3) is 0.500. The molecule has 1 aromatic carbocycles. The van der Waals surface area contributed by atoms with Crippen LogP contribution < -0.4 is 0 Å². The lowest BCUT2D eigenvalue weighted by Crippen LogP contribution is -2.52. The molecule has 2 saturated heterocycles. The Balaban J connectivity index is 1.45. The summed E-state index contributed by atoms with van der Waals surface area (Å²) in [5.74, 6) is 0.554. The van der Waals surface area contributed by atoms with Crippen molar-refractivity contribution in [3.05, 3.63) is 47.8 Å². The number of hydrogen-bond acceptors (Lipinski definition) is 5. The number of amides is 1. The van der Waals surface area contributed by atoms with Crippen LogP contribution in [-0.4, -0.2) is 77.6 Å². The maximum absolute atomic E-state index is 13.1. The highest BCUT2D eigenvalue weighted by Crippen LogP contribution is 2.21. The van der Waals surface area contributed by atoms with Crippen LogP contribution in [0.3, 0.4) is 0 Å². The standard InChI is InChI=1S/C20H26N4O3S/c1-2-19-18(14-21-24(19)16-6-4-3-5-7-16)20(25)23-11-9-22(10-12-23)17-8-13-28(26,27)15-17/h3-7,14,17H,2,8-13,15H2,1H3/t17-/m1/s1. The van der Waals surface area contributed by atoms with Gasteiger partial charge in [0.1, 0.15) is 0 Å². The highest BCUT2D eigenvalue weighted by molar-refractivity contribution is 7.91. The fourth-order valence-electron chi connectivity index (χ4n) is 4.21. The summed E-state index contributed by atoms with van der Waals surface area (Å²) in [5.41, 5.74) is 2.52. The number of aromatic nitrogens is 2. The summed E-state index contributed by atoms with van der Waals surface area (Å²) in [6.07, 6.45) is 3.10.